The van der Waals surface area contributed by atoms with Crippen LogP contribution in [0.1, 0.15) is 54.4 Å². The van der Waals surface area contributed by atoms with Crippen molar-refractivity contribution in [2.24, 2.45) is 5.92 Å². The van der Waals surface area contributed by atoms with Crippen molar-refractivity contribution in [1.29, 1.82) is 0 Å². The number of amides is 1. The summed E-state index contributed by atoms with van der Waals surface area (Å²) in [4.78, 5) is 26.4. The summed E-state index contributed by atoms with van der Waals surface area (Å²) in [7, 11) is 0. The van der Waals surface area contributed by atoms with Gasteiger partial charge >= 0.3 is 5.97 Å². The fourth-order valence-electron chi connectivity index (χ4n) is 3.42. The average molecular weight is 305 g/mol. The molecule has 0 saturated carbocycles. The van der Waals surface area contributed by atoms with E-state index in [2.05, 4.69) is 10.2 Å². The summed E-state index contributed by atoms with van der Waals surface area (Å²) in [6.07, 6.45) is 5.78. The van der Waals surface area contributed by atoms with Crippen molar-refractivity contribution in [3.63, 3.8) is 0 Å². The maximum Gasteiger partial charge on any atom is 0.310 e. The van der Waals surface area contributed by atoms with E-state index in [4.69, 9.17) is 4.74 Å². The highest BCUT2D eigenvalue weighted by Crippen LogP contribution is 2.25. The minimum absolute atomic E-state index is 0.0478. The molecule has 0 spiro atoms. The van der Waals surface area contributed by atoms with Crippen LogP contribution in [0.5, 0.6) is 0 Å². The first-order valence-corrected chi connectivity index (χ1v) is 8.22. The van der Waals surface area contributed by atoms with Crippen LogP contribution in [0.2, 0.25) is 0 Å². The van der Waals surface area contributed by atoms with E-state index in [0.29, 0.717) is 25.4 Å². The Morgan fingerprint density at radius 2 is 2.14 bits per heavy atom. The zero-order valence-corrected chi connectivity index (χ0v) is 13.1. The fourth-order valence-corrected chi connectivity index (χ4v) is 3.42. The van der Waals surface area contributed by atoms with Gasteiger partial charge in [-0.05, 0) is 45.4 Å². The summed E-state index contributed by atoms with van der Waals surface area (Å²) < 4.78 is 5.09. The van der Waals surface area contributed by atoms with Crippen molar-refractivity contribution in [2.45, 2.75) is 45.4 Å². The number of aromatic amines is 1. The molecular formula is C16H23N3O3. The maximum absolute atomic E-state index is 12.8. The largest absolute Gasteiger partial charge is 0.466 e. The summed E-state index contributed by atoms with van der Waals surface area (Å²) >= 11 is 0. The van der Waals surface area contributed by atoms with E-state index in [0.717, 1.165) is 49.8 Å². The van der Waals surface area contributed by atoms with Crippen molar-refractivity contribution in [2.75, 3.05) is 19.7 Å². The van der Waals surface area contributed by atoms with E-state index in [1.165, 1.54) is 0 Å². The number of ether oxygens (including phenoxy) is 1. The highest BCUT2D eigenvalue weighted by molar-refractivity contribution is 5.94. The SMILES string of the molecule is CCOC(=O)[C@H]1CCCN(C(=O)c2n[nH]c3c2CCCC3)C1. The number of carbonyl (C=O) groups is 2. The minimum Gasteiger partial charge on any atom is -0.466 e. The lowest BCUT2D eigenvalue weighted by Gasteiger charge is -2.31. The number of nitrogens with zero attached hydrogens (tertiary/aromatic N) is 2. The van der Waals surface area contributed by atoms with Crippen LogP contribution in [0, 0.1) is 5.92 Å². The standard InChI is InChI=1S/C16H23N3O3/c1-2-22-16(21)11-6-5-9-19(10-11)15(20)14-12-7-3-4-8-13(12)17-18-14/h11H,2-10H2,1H3,(H,17,18)/t11-/m0/s1. The van der Waals surface area contributed by atoms with E-state index in [9.17, 15) is 9.59 Å². The number of H-pyrrole nitrogens is 1. The van der Waals surface area contributed by atoms with Gasteiger partial charge in [-0.15, -0.1) is 0 Å². The lowest BCUT2D eigenvalue weighted by molar-refractivity contribution is -0.149. The molecule has 1 aliphatic heterocycles. The van der Waals surface area contributed by atoms with Gasteiger partial charge in [0.15, 0.2) is 5.69 Å². The summed E-state index contributed by atoms with van der Waals surface area (Å²) in [6, 6.07) is 0. The first-order chi connectivity index (χ1) is 10.7. The number of likely N-dealkylation sites (tertiary alicyclic amines) is 1. The Kier molecular flexibility index (Phi) is 4.45. The number of fused-ring (bicyclic) bond motifs is 1. The molecule has 2 aliphatic rings. The predicted octanol–water partition coefficient (Wildman–Crippen LogP) is 1.70. The maximum atomic E-state index is 12.8. The molecule has 0 aromatic carbocycles. The van der Waals surface area contributed by atoms with Crippen LogP contribution in [0.15, 0.2) is 0 Å². The van der Waals surface area contributed by atoms with E-state index < -0.39 is 0 Å². The van der Waals surface area contributed by atoms with E-state index in [1.54, 1.807) is 11.8 Å². The molecule has 1 aromatic rings. The van der Waals surface area contributed by atoms with E-state index in [-0.39, 0.29) is 17.8 Å². The molecular weight excluding hydrogens is 282 g/mol. The quantitative estimate of drug-likeness (QED) is 0.863. The molecule has 0 radical (unpaired) electrons. The Morgan fingerprint density at radius 1 is 1.32 bits per heavy atom. The van der Waals surface area contributed by atoms with Crippen LogP contribution in [-0.4, -0.2) is 46.7 Å². The average Bonchev–Trinajstić information content (AvgIpc) is 2.98. The lowest BCUT2D eigenvalue weighted by Crippen LogP contribution is -2.43. The van der Waals surface area contributed by atoms with Gasteiger partial charge in [0, 0.05) is 24.3 Å². The third kappa shape index (κ3) is 2.87. The summed E-state index contributed by atoms with van der Waals surface area (Å²) in [5.74, 6) is -0.440. The highest BCUT2D eigenvalue weighted by atomic mass is 16.5. The molecule has 1 saturated heterocycles. The van der Waals surface area contributed by atoms with Gasteiger partial charge in [0.25, 0.3) is 5.91 Å². The van der Waals surface area contributed by atoms with Gasteiger partial charge < -0.3 is 9.64 Å². The molecule has 1 amide bonds. The zero-order valence-electron chi connectivity index (χ0n) is 13.1. The summed E-state index contributed by atoms with van der Waals surface area (Å²) in [6.45, 7) is 3.32. The second kappa shape index (κ2) is 6.50. The van der Waals surface area contributed by atoms with Crippen LogP contribution in [-0.2, 0) is 22.4 Å². The van der Waals surface area contributed by atoms with Gasteiger partial charge in [0.2, 0.25) is 0 Å². The van der Waals surface area contributed by atoms with Crippen LogP contribution in [0.25, 0.3) is 0 Å². The number of nitrogens with one attached hydrogen (secondary N) is 1. The summed E-state index contributed by atoms with van der Waals surface area (Å²) in [5.41, 5.74) is 2.74. The summed E-state index contributed by atoms with van der Waals surface area (Å²) in [5, 5.41) is 7.26. The van der Waals surface area contributed by atoms with Crippen LogP contribution < -0.4 is 0 Å². The third-order valence-electron chi connectivity index (χ3n) is 4.59. The Hall–Kier alpha value is -1.85. The molecule has 6 nitrogen and oxygen atoms in total. The fraction of sp³-hybridized carbons (Fsp3) is 0.688. The van der Waals surface area contributed by atoms with Crippen molar-refractivity contribution in [1.82, 2.24) is 15.1 Å². The van der Waals surface area contributed by atoms with Gasteiger partial charge in [0.1, 0.15) is 0 Å². The minimum atomic E-state index is -0.201. The normalized spacial score (nSPS) is 21.3. The van der Waals surface area contributed by atoms with Gasteiger partial charge in [0.05, 0.1) is 12.5 Å². The van der Waals surface area contributed by atoms with Crippen LogP contribution in [0.4, 0.5) is 0 Å². The molecule has 1 aromatic heterocycles. The zero-order chi connectivity index (χ0) is 15.5. The second-order valence-electron chi connectivity index (χ2n) is 6.08. The number of esters is 1. The Bertz CT molecular complexity index is 567. The molecule has 1 fully saturated rings. The van der Waals surface area contributed by atoms with E-state index >= 15 is 0 Å². The molecule has 120 valence electrons. The monoisotopic (exact) mass is 305 g/mol. The molecule has 0 unspecified atom stereocenters. The Balaban J connectivity index is 1.72. The number of aryl methyl sites for hydroxylation is 1. The van der Waals surface area contributed by atoms with Gasteiger partial charge in [-0.25, -0.2) is 0 Å². The molecule has 1 atom stereocenters. The van der Waals surface area contributed by atoms with Crippen molar-refractivity contribution >= 4 is 11.9 Å². The first kappa shape index (κ1) is 15.1. The third-order valence-corrected chi connectivity index (χ3v) is 4.59. The molecule has 22 heavy (non-hydrogen) atoms. The number of hydrogen-bond donors (Lipinski definition) is 1. The molecule has 2 heterocycles. The second-order valence-corrected chi connectivity index (χ2v) is 6.08. The van der Waals surface area contributed by atoms with Gasteiger partial charge in [-0.1, -0.05) is 0 Å². The van der Waals surface area contributed by atoms with E-state index in [1.807, 2.05) is 0 Å². The van der Waals surface area contributed by atoms with Gasteiger partial charge in [-0.2, -0.15) is 5.10 Å². The first-order valence-electron chi connectivity index (χ1n) is 8.22. The molecule has 0 bridgehead atoms. The van der Waals surface area contributed by atoms with Crippen LogP contribution >= 0.6 is 0 Å². The lowest BCUT2D eigenvalue weighted by atomic mass is 9.94. The molecule has 1 N–H and O–H groups in total. The topological polar surface area (TPSA) is 75.3 Å². The van der Waals surface area contributed by atoms with Crippen molar-refractivity contribution < 1.29 is 14.3 Å². The number of hydrogen-bond acceptors (Lipinski definition) is 4. The predicted molar refractivity (Wildman–Crippen MR) is 80.5 cm³/mol. The van der Waals surface area contributed by atoms with Crippen molar-refractivity contribution in [3.05, 3.63) is 17.0 Å². The van der Waals surface area contributed by atoms with Crippen molar-refractivity contribution in [3.8, 4) is 0 Å². The number of carbonyl (C=O) groups excluding carboxylic acids is 2. The Labute approximate surface area is 130 Å². The smallest absolute Gasteiger partial charge is 0.310 e. The highest BCUT2D eigenvalue weighted by Gasteiger charge is 2.32. The Morgan fingerprint density at radius 3 is 2.95 bits per heavy atom. The molecule has 1 aliphatic carbocycles. The number of aromatic nitrogens is 2. The molecule has 6 heteroatoms. The number of rotatable bonds is 3. The molecule has 3 rings (SSSR count). The number of piperidine rings is 1. The van der Waals surface area contributed by atoms with Gasteiger partial charge in [-0.3, -0.25) is 14.7 Å². The van der Waals surface area contributed by atoms with Crippen LogP contribution in [0.3, 0.4) is 0 Å².